The molecule has 1 nitrogen and oxygen atoms in total. The Hall–Kier alpha value is 0.970. The van der Waals surface area contributed by atoms with Gasteiger partial charge in [-0.1, -0.05) is 0 Å². The molecule has 0 unspecified atom stereocenters. The number of halogens is 2. The van der Waals surface area contributed by atoms with Crippen molar-refractivity contribution in [3.05, 3.63) is 0 Å². The van der Waals surface area contributed by atoms with Crippen LogP contribution in [0.3, 0.4) is 0 Å². The maximum Gasteiger partial charge on any atom is -0.000886 e. The summed E-state index contributed by atoms with van der Waals surface area (Å²) in [5.74, 6) is 0. The van der Waals surface area contributed by atoms with Gasteiger partial charge in [0.2, 0.25) is 0 Å². The van der Waals surface area contributed by atoms with E-state index in [1.165, 1.54) is 3.71 Å². The number of rotatable bonds is 1. The molecule has 0 aromatic rings. The second-order valence-corrected chi connectivity index (χ2v) is 4.48. The molecular formula is C2H6Cl2NP. The van der Waals surface area contributed by atoms with E-state index in [9.17, 15) is 0 Å². The molecule has 0 N–H and O–H groups in total. The lowest BCUT2D eigenvalue weighted by Gasteiger charge is -2.04. The van der Waals surface area contributed by atoms with Gasteiger partial charge in [0.05, 0.1) is 0 Å². The number of hydrogen-bond donors (Lipinski definition) is 0. The van der Waals surface area contributed by atoms with Crippen LogP contribution in [0.5, 0.6) is 0 Å². The third-order valence-electron chi connectivity index (χ3n) is 0.302. The van der Waals surface area contributed by atoms with Crippen molar-refractivity contribution in [1.29, 1.82) is 0 Å². The van der Waals surface area contributed by atoms with E-state index in [0.29, 0.717) is 0 Å². The highest BCUT2D eigenvalue weighted by atomic mass is 35.5. The van der Waals surface area contributed by atoms with Gasteiger partial charge in [0, 0.05) is 0 Å². The lowest BCUT2D eigenvalue weighted by atomic mass is 11.9. The van der Waals surface area contributed by atoms with Crippen LogP contribution in [0.15, 0.2) is 0 Å². The van der Waals surface area contributed by atoms with Crippen LogP contribution in [-0.2, 0) is 0 Å². The Morgan fingerprint density at radius 3 is 1.50 bits per heavy atom. The highest BCUT2D eigenvalue weighted by Gasteiger charge is 1.96. The van der Waals surface area contributed by atoms with Gasteiger partial charge in [0.15, 0.2) is 0 Å². The van der Waals surface area contributed by atoms with Crippen molar-refractivity contribution in [2.24, 2.45) is 0 Å². The third kappa shape index (κ3) is 3.17. The molecule has 0 amide bonds. The number of hydrogen-bond acceptors (Lipinski definition) is 1. The van der Waals surface area contributed by atoms with Gasteiger partial charge in [-0.2, -0.15) is 0 Å². The largest absolute Gasteiger partial charge is 0.111 e. The Morgan fingerprint density at radius 1 is 1.33 bits per heavy atom. The molecule has 0 saturated carbocycles. The molecule has 0 saturated heterocycles. The highest BCUT2D eigenvalue weighted by Crippen LogP contribution is 2.34. The van der Waals surface area contributed by atoms with E-state index in [4.69, 9.17) is 23.6 Å². The Morgan fingerprint density at radius 2 is 1.50 bits per heavy atom. The fourth-order valence-corrected chi connectivity index (χ4v) is 0. The van der Waals surface area contributed by atoms with Gasteiger partial charge >= 0.3 is 0 Å². The zero-order chi connectivity index (χ0) is 5.15. The zero-order valence-corrected chi connectivity index (χ0v) is 6.06. The molecule has 0 aromatic carbocycles. The summed E-state index contributed by atoms with van der Waals surface area (Å²) >= 11 is 10.5. The first kappa shape index (κ1) is 6.97. The minimum Gasteiger partial charge on any atom is -0.111 e. The second kappa shape index (κ2) is 3.04. The highest BCUT2D eigenvalue weighted by molar-refractivity contribution is 7.56. The van der Waals surface area contributed by atoms with Crippen molar-refractivity contribution in [3.8, 4) is 0 Å². The van der Waals surface area contributed by atoms with Crippen LogP contribution in [0.2, 0.25) is 0 Å². The van der Waals surface area contributed by atoms with E-state index < -0.39 is 0 Å². The van der Waals surface area contributed by atoms with E-state index in [-0.39, 0.29) is 8.07 Å². The van der Waals surface area contributed by atoms with Crippen LogP contribution < -0.4 is 0 Å². The van der Waals surface area contributed by atoms with Gasteiger partial charge in [-0.05, 0) is 45.0 Å². The average molecular weight is 146 g/mol. The monoisotopic (exact) mass is 145 g/mol. The summed E-state index contributed by atoms with van der Waals surface area (Å²) in [4.78, 5) is 0. The first-order valence-corrected chi connectivity index (χ1v) is 4.30. The minimum absolute atomic E-state index is 0.295. The van der Waals surface area contributed by atoms with E-state index in [0.717, 1.165) is 0 Å². The standard InChI is InChI=1S/C2H6Cl2NP/c1-6(2)5(3)4/h1-2H3. The molecule has 0 radical (unpaired) electrons. The maximum atomic E-state index is 5.24. The Kier molecular flexibility index (Phi) is 3.53. The first-order valence-electron chi connectivity index (χ1n) is 1.43. The molecule has 0 bridgehead atoms. The van der Waals surface area contributed by atoms with Crippen molar-refractivity contribution in [1.82, 2.24) is 3.71 Å². The van der Waals surface area contributed by atoms with Gasteiger partial charge in [-0.25, -0.2) is 0 Å². The summed E-state index contributed by atoms with van der Waals surface area (Å²) in [6, 6.07) is 0. The van der Waals surface area contributed by atoms with Crippen LogP contribution >= 0.6 is 31.6 Å². The van der Waals surface area contributed by atoms with Gasteiger partial charge in [0.25, 0.3) is 0 Å². The molecule has 0 aliphatic rings. The van der Waals surface area contributed by atoms with Gasteiger partial charge < -0.3 is 0 Å². The van der Waals surface area contributed by atoms with Crippen molar-refractivity contribution in [3.63, 3.8) is 0 Å². The van der Waals surface area contributed by atoms with Gasteiger partial charge in [0.1, 0.15) is 0 Å². The molecule has 0 aliphatic heterocycles. The average Bonchev–Trinajstić information content (AvgIpc) is 1.36. The molecule has 0 rings (SSSR count). The van der Waals surface area contributed by atoms with Crippen LogP contribution in [-0.4, -0.2) is 17.0 Å². The fourth-order valence-electron chi connectivity index (χ4n) is 0. The van der Waals surface area contributed by atoms with Crippen LogP contribution in [0, 0.1) is 0 Å². The first-order chi connectivity index (χ1) is 2.64. The Balaban J connectivity index is 2.99. The molecule has 0 heterocycles. The van der Waals surface area contributed by atoms with Crippen molar-refractivity contribution < 1.29 is 0 Å². The summed E-state index contributed by atoms with van der Waals surface area (Å²) in [6.45, 7) is 3.94. The van der Waals surface area contributed by atoms with Crippen LogP contribution in [0.4, 0.5) is 0 Å². The summed E-state index contributed by atoms with van der Waals surface area (Å²) in [7, 11) is -0.295. The van der Waals surface area contributed by atoms with E-state index >= 15 is 0 Å². The van der Waals surface area contributed by atoms with E-state index in [1.807, 2.05) is 13.3 Å². The predicted molar refractivity (Wildman–Crippen MR) is 32.3 cm³/mol. The van der Waals surface area contributed by atoms with Gasteiger partial charge in [-0.15, -0.1) is 3.71 Å². The predicted octanol–water partition coefficient (Wildman–Crippen LogP) is 2.25. The van der Waals surface area contributed by atoms with Crippen LogP contribution in [0.25, 0.3) is 0 Å². The van der Waals surface area contributed by atoms with Crippen LogP contribution in [0.1, 0.15) is 0 Å². The molecular weight excluding hydrogens is 140 g/mol. The Labute approximate surface area is 49.2 Å². The second-order valence-electron chi connectivity index (χ2n) is 1.06. The molecule has 0 aromatic heterocycles. The third-order valence-corrected chi connectivity index (χ3v) is 2.72. The topological polar surface area (TPSA) is 3.24 Å². The molecule has 4 heteroatoms. The minimum atomic E-state index is -0.295. The lowest BCUT2D eigenvalue weighted by molar-refractivity contribution is 1.19. The SMILES string of the molecule is CP(C)N(Cl)Cl. The van der Waals surface area contributed by atoms with E-state index in [1.54, 1.807) is 0 Å². The molecule has 0 atom stereocenters. The molecule has 0 fully saturated rings. The normalized spacial score (nSPS) is 11.0. The lowest BCUT2D eigenvalue weighted by Crippen LogP contribution is -1.81. The summed E-state index contributed by atoms with van der Waals surface area (Å²) < 4.78 is 1.18. The summed E-state index contributed by atoms with van der Waals surface area (Å²) in [5, 5.41) is 0. The smallest absolute Gasteiger partial charge is 0.000886 e. The van der Waals surface area contributed by atoms with Crippen molar-refractivity contribution in [2.45, 2.75) is 0 Å². The molecule has 6 heavy (non-hydrogen) atoms. The van der Waals surface area contributed by atoms with E-state index in [2.05, 4.69) is 0 Å². The van der Waals surface area contributed by atoms with Gasteiger partial charge in [-0.3, -0.25) is 0 Å². The molecule has 0 spiro atoms. The summed E-state index contributed by atoms with van der Waals surface area (Å²) in [6.07, 6.45) is 0. The quantitative estimate of drug-likeness (QED) is 0.405. The fraction of sp³-hybridized carbons (Fsp3) is 1.00. The van der Waals surface area contributed by atoms with Crippen molar-refractivity contribution in [2.75, 3.05) is 13.3 Å². The Bertz CT molecular complexity index is 32.5. The molecule has 0 aliphatic carbocycles. The summed E-state index contributed by atoms with van der Waals surface area (Å²) in [5.41, 5.74) is 0. The maximum absolute atomic E-state index is 5.24. The molecule has 38 valence electrons. The van der Waals surface area contributed by atoms with Crippen molar-refractivity contribution >= 4 is 31.6 Å². The number of nitrogens with zero attached hydrogens (tertiary/aromatic N) is 1. The zero-order valence-electron chi connectivity index (χ0n) is 3.65.